The molecular formula is C21H27N5O. The Kier molecular flexibility index (Phi) is 5.25. The van der Waals surface area contributed by atoms with Crippen LogP contribution in [-0.2, 0) is 11.3 Å². The molecule has 1 amide bonds. The molecule has 1 saturated heterocycles. The first-order valence-electron chi connectivity index (χ1n) is 9.90. The molecule has 1 aromatic carbocycles. The number of aromatic amines is 1. The first kappa shape index (κ1) is 17.8. The molecule has 1 fully saturated rings. The van der Waals surface area contributed by atoms with Crippen molar-refractivity contribution in [1.29, 1.82) is 0 Å². The molecule has 0 atom stereocenters. The van der Waals surface area contributed by atoms with E-state index in [1.165, 1.54) is 36.8 Å². The second-order valence-electron chi connectivity index (χ2n) is 7.24. The van der Waals surface area contributed by atoms with Crippen molar-refractivity contribution in [3.8, 4) is 11.3 Å². The molecule has 4 rings (SSSR count). The molecule has 6 heteroatoms. The van der Waals surface area contributed by atoms with Gasteiger partial charge in [-0.15, -0.1) is 0 Å². The van der Waals surface area contributed by atoms with Crippen LogP contribution in [-0.4, -0.2) is 45.2 Å². The Morgan fingerprint density at radius 2 is 2.07 bits per heavy atom. The van der Waals surface area contributed by atoms with Gasteiger partial charge < -0.3 is 14.8 Å². The number of H-pyrrole nitrogens is 1. The molecule has 0 bridgehead atoms. The minimum Gasteiger partial charge on any atom is -0.348 e. The number of nitrogens with one attached hydrogen (secondary N) is 2. The smallest absolute Gasteiger partial charge is 0.225 e. The van der Waals surface area contributed by atoms with Crippen LogP contribution in [0.25, 0.3) is 22.2 Å². The summed E-state index contributed by atoms with van der Waals surface area (Å²) in [5.74, 6) is 0.616. The number of benzene rings is 1. The SMILES string of the molecule is CCn1ccc2cc(-c3cc(NC(=O)CCCN4CCCC4)n[nH]3)ccc21. The summed E-state index contributed by atoms with van der Waals surface area (Å²) in [6.07, 6.45) is 6.12. The number of nitrogens with zero attached hydrogens (tertiary/aromatic N) is 3. The van der Waals surface area contributed by atoms with Crippen molar-refractivity contribution in [1.82, 2.24) is 19.7 Å². The summed E-state index contributed by atoms with van der Waals surface area (Å²) >= 11 is 0. The summed E-state index contributed by atoms with van der Waals surface area (Å²) in [7, 11) is 0. The molecule has 0 radical (unpaired) electrons. The van der Waals surface area contributed by atoms with Crippen molar-refractivity contribution in [3.05, 3.63) is 36.5 Å². The van der Waals surface area contributed by atoms with Gasteiger partial charge in [0.25, 0.3) is 0 Å². The third kappa shape index (κ3) is 4.06. The zero-order chi connectivity index (χ0) is 18.6. The molecular weight excluding hydrogens is 338 g/mol. The highest BCUT2D eigenvalue weighted by Gasteiger charge is 2.12. The summed E-state index contributed by atoms with van der Waals surface area (Å²) < 4.78 is 2.22. The number of aryl methyl sites for hydroxylation is 1. The molecule has 3 aromatic rings. The lowest BCUT2D eigenvalue weighted by Crippen LogP contribution is -2.22. The highest BCUT2D eigenvalue weighted by Crippen LogP contribution is 2.25. The van der Waals surface area contributed by atoms with Gasteiger partial charge in [-0.3, -0.25) is 9.89 Å². The van der Waals surface area contributed by atoms with Crippen molar-refractivity contribution in [2.45, 2.75) is 39.2 Å². The van der Waals surface area contributed by atoms with Gasteiger partial charge in [-0.2, -0.15) is 5.10 Å². The van der Waals surface area contributed by atoms with Gasteiger partial charge in [0, 0.05) is 41.7 Å². The Morgan fingerprint density at radius 1 is 1.22 bits per heavy atom. The third-order valence-corrected chi connectivity index (χ3v) is 5.34. The predicted octanol–water partition coefficient (Wildman–Crippen LogP) is 3.87. The largest absolute Gasteiger partial charge is 0.348 e. The second kappa shape index (κ2) is 7.96. The number of carbonyl (C=O) groups is 1. The number of rotatable bonds is 7. The highest BCUT2D eigenvalue weighted by molar-refractivity contribution is 5.91. The maximum Gasteiger partial charge on any atom is 0.225 e. The number of fused-ring (bicyclic) bond motifs is 1. The standard InChI is InChI=1S/C21H27N5O/c1-2-26-13-9-17-14-16(7-8-19(17)26)18-15-20(24-23-18)22-21(27)6-5-12-25-10-3-4-11-25/h7-9,13-15H,2-6,10-12H2,1H3,(H2,22,23,24,27). The minimum absolute atomic E-state index is 0.0303. The number of hydrogen-bond donors (Lipinski definition) is 2. The van der Waals surface area contributed by atoms with E-state index in [0.29, 0.717) is 12.2 Å². The second-order valence-corrected chi connectivity index (χ2v) is 7.24. The van der Waals surface area contributed by atoms with Gasteiger partial charge in [0.15, 0.2) is 5.82 Å². The van der Waals surface area contributed by atoms with Crippen molar-refractivity contribution < 1.29 is 4.79 Å². The van der Waals surface area contributed by atoms with Gasteiger partial charge in [0.05, 0.1) is 5.69 Å². The van der Waals surface area contributed by atoms with E-state index in [0.717, 1.165) is 30.8 Å². The Labute approximate surface area is 159 Å². The molecule has 2 N–H and O–H groups in total. The zero-order valence-corrected chi connectivity index (χ0v) is 15.9. The monoisotopic (exact) mass is 365 g/mol. The number of anilines is 1. The van der Waals surface area contributed by atoms with Crippen LogP contribution >= 0.6 is 0 Å². The Balaban J connectivity index is 1.35. The molecule has 6 nitrogen and oxygen atoms in total. The summed E-state index contributed by atoms with van der Waals surface area (Å²) in [6.45, 7) is 6.46. The lowest BCUT2D eigenvalue weighted by molar-refractivity contribution is -0.116. The van der Waals surface area contributed by atoms with E-state index in [1.807, 2.05) is 6.07 Å². The van der Waals surface area contributed by atoms with Crippen LogP contribution in [0.15, 0.2) is 36.5 Å². The summed E-state index contributed by atoms with van der Waals surface area (Å²) in [5, 5.41) is 11.4. The Hall–Kier alpha value is -2.60. The van der Waals surface area contributed by atoms with E-state index in [4.69, 9.17) is 0 Å². The number of amides is 1. The number of carbonyl (C=O) groups excluding carboxylic acids is 1. The molecule has 0 unspecified atom stereocenters. The number of aromatic nitrogens is 3. The first-order chi connectivity index (χ1) is 13.2. The quantitative estimate of drug-likeness (QED) is 0.668. The summed E-state index contributed by atoms with van der Waals surface area (Å²) in [5.41, 5.74) is 3.21. The van der Waals surface area contributed by atoms with E-state index in [2.05, 4.69) is 62.4 Å². The van der Waals surface area contributed by atoms with Crippen molar-refractivity contribution in [2.75, 3.05) is 25.0 Å². The number of likely N-dealkylation sites (tertiary alicyclic amines) is 1. The molecule has 0 spiro atoms. The van der Waals surface area contributed by atoms with E-state index >= 15 is 0 Å². The van der Waals surface area contributed by atoms with Crippen molar-refractivity contribution >= 4 is 22.6 Å². The fourth-order valence-corrected chi connectivity index (χ4v) is 3.85. The van der Waals surface area contributed by atoms with Crippen molar-refractivity contribution in [2.24, 2.45) is 0 Å². The Morgan fingerprint density at radius 3 is 2.89 bits per heavy atom. The fraction of sp³-hybridized carbons (Fsp3) is 0.429. The maximum atomic E-state index is 12.2. The van der Waals surface area contributed by atoms with Gasteiger partial charge >= 0.3 is 0 Å². The van der Waals surface area contributed by atoms with E-state index in [9.17, 15) is 4.79 Å². The lowest BCUT2D eigenvalue weighted by Gasteiger charge is -2.13. The maximum absolute atomic E-state index is 12.2. The van der Waals surface area contributed by atoms with Gasteiger partial charge in [0.1, 0.15) is 0 Å². The van der Waals surface area contributed by atoms with Crippen LogP contribution in [0.1, 0.15) is 32.6 Å². The molecule has 3 heterocycles. The number of hydrogen-bond acceptors (Lipinski definition) is 3. The third-order valence-electron chi connectivity index (χ3n) is 5.34. The fourth-order valence-electron chi connectivity index (χ4n) is 3.85. The van der Waals surface area contributed by atoms with E-state index in [1.54, 1.807) is 0 Å². The highest BCUT2D eigenvalue weighted by atomic mass is 16.1. The predicted molar refractivity (Wildman–Crippen MR) is 109 cm³/mol. The van der Waals surface area contributed by atoms with Gasteiger partial charge in [-0.1, -0.05) is 6.07 Å². The molecule has 1 aliphatic heterocycles. The van der Waals surface area contributed by atoms with E-state index in [-0.39, 0.29) is 5.91 Å². The average molecular weight is 365 g/mol. The molecule has 1 aliphatic rings. The average Bonchev–Trinajstić information content (AvgIpc) is 3.41. The normalized spacial score (nSPS) is 14.9. The molecule has 27 heavy (non-hydrogen) atoms. The van der Waals surface area contributed by atoms with Crippen molar-refractivity contribution in [3.63, 3.8) is 0 Å². The summed E-state index contributed by atoms with van der Waals surface area (Å²) in [4.78, 5) is 14.6. The summed E-state index contributed by atoms with van der Waals surface area (Å²) in [6, 6.07) is 10.4. The van der Waals surface area contributed by atoms with Gasteiger partial charge in [-0.05, 0) is 64.0 Å². The van der Waals surface area contributed by atoms with Gasteiger partial charge in [0.2, 0.25) is 5.91 Å². The van der Waals surface area contributed by atoms with Crippen LogP contribution < -0.4 is 5.32 Å². The lowest BCUT2D eigenvalue weighted by atomic mass is 10.1. The topological polar surface area (TPSA) is 66.0 Å². The molecule has 0 saturated carbocycles. The molecule has 2 aromatic heterocycles. The first-order valence-corrected chi connectivity index (χ1v) is 9.90. The van der Waals surface area contributed by atoms with Crippen LogP contribution in [0.3, 0.4) is 0 Å². The molecule has 0 aliphatic carbocycles. The molecule has 142 valence electrons. The van der Waals surface area contributed by atoms with E-state index < -0.39 is 0 Å². The van der Waals surface area contributed by atoms with Gasteiger partial charge in [-0.25, -0.2) is 0 Å². The van der Waals surface area contributed by atoms with Crippen LogP contribution in [0.2, 0.25) is 0 Å². The zero-order valence-electron chi connectivity index (χ0n) is 15.9. The van der Waals surface area contributed by atoms with Crippen LogP contribution in [0.5, 0.6) is 0 Å². The Bertz CT molecular complexity index is 920. The van der Waals surface area contributed by atoms with Crippen LogP contribution in [0, 0.1) is 0 Å². The minimum atomic E-state index is 0.0303. The van der Waals surface area contributed by atoms with Crippen LogP contribution in [0.4, 0.5) is 5.82 Å².